The molecule has 130 valence electrons. The van der Waals surface area contributed by atoms with E-state index in [0.717, 1.165) is 0 Å². The first-order chi connectivity index (χ1) is 12.0. The Morgan fingerprint density at radius 1 is 1.04 bits per heavy atom. The third-order valence-electron chi connectivity index (χ3n) is 2.83. The number of oxime groups is 1. The van der Waals surface area contributed by atoms with E-state index in [1.165, 1.54) is 12.3 Å². The molecule has 0 aromatic heterocycles. The van der Waals surface area contributed by atoms with Crippen molar-refractivity contribution in [3.63, 3.8) is 0 Å². The summed E-state index contributed by atoms with van der Waals surface area (Å²) in [5.74, 6) is -1.10. The molecule has 2 aromatic carbocycles. The summed E-state index contributed by atoms with van der Waals surface area (Å²) in [6, 6.07) is 11.1. The summed E-state index contributed by atoms with van der Waals surface area (Å²) in [6.07, 6.45) is 1.34. The molecule has 0 aliphatic rings. The van der Waals surface area contributed by atoms with Crippen LogP contribution in [0.4, 0.5) is 0 Å². The van der Waals surface area contributed by atoms with Gasteiger partial charge in [-0.25, -0.2) is 0 Å². The van der Waals surface area contributed by atoms with E-state index in [4.69, 9.17) is 39.6 Å². The van der Waals surface area contributed by atoms with Crippen LogP contribution in [0.5, 0.6) is 0 Å². The molecule has 0 aliphatic heterocycles. The molecule has 2 rings (SSSR count). The minimum Gasteiger partial charge on any atom is -0.386 e. The zero-order valence-corrected chi connectivity index (χ0v) is 14.9. The number of carbonyl (C=O) groups is 2. The zero-order valence-electron chi connectivity index (χ0n) is 12.6. The minimum absolute atomic E-state index is 0.309. The molecule has 0 atom stereocenters. The lowest BCUT2D eigenvalue weighted by Crippen LogP contribution is -2.43. The molecular formula is C16H12Cl3N3O3. The van der Waals surface area contributed by atoms with Crippen molar-refractivity contribution >= 4 is 52.8 Å². The molecule has 0 bridgehead atoms. The number of benzene rings is 2. The standard InChI is InChI=1S/C16H12Cl3N3O3/c17-12-3-1-2-10(6-12)16(24)22-21-15(23)9-25-20-8-11-4-5-13(18)7-14(11)19/h1-8H,9H2,(H,21,23)(H,22,24)/b20-8-. The number of amides is 2. The Balaban J connectivity index is 1.75. The van der Waals surface area contributed by atoms with Crippen molar-refractivity contribution in [2.75, 3.05) is 6.61 Å². The quantitative estimate of drug-likeness (QED) is 0.596. The highest BCUT2D eigenvalue weighted by Crippen LogP contribution is 2.19. The van der Waals surface area contributed by atoms with E-state index >= 15 is 0 Å². The van der Waals surface area contributed by atoms with Crippen LogP contribution in [0.15, 0.2) is 47.6 Å². The van der Waals surface area contributed by atoms with Crippen LogP contribution < -0.4 is 10.9 Å². The van der Waals surface area contributed by atoms with Crippen molar-refractivity contribution in [1.82, 2.24) is 10.9 Å². The Bertz CT molecular complexity index is 812. The fourth-order valence-corrected chi connectivity index (χ4v) is 2.31. The SMILES string of the molecule is O=C(CO/N=C\c1ccc(Cl)cc1Cl)NNC(=O)c1cccc(Cl)c1. The number of hydrogen-bond donors (Lipinski definition) is 2. The molecule has 6 nitrogen and oxygen atoms in total. The second-order valence-corrected chi connectivity index (χ2v) is 5.97. The molecule has 2 amide bonds. The molecule has 0 saturated heterocycles. The number of carbonyl (C=O) groups excluding carboxylic acids is 2. The molecular weight excluding hydrogens is 389 g/mol. The molecule has 0 saturated carbocycles. The normalized spacial score (nSPS) is 10.5. The van der Waals surface area contributed by atoms with Gasteiger partial charge in [0.1, 0.15) is 0 Å². The van der Waals surface area contributed by atoms with Gasteiger partial charge in [0.15, 0.2) is 6.61 Å². The van der Waals surface area contributed by atoms with Gasteiger partial charge in [-0.2, -0.15) is 0 Å². The smallest absolute Gasteiger partial charge is 0.279 e. The largest absolute Gasteiger partial charge is 0.386 e. The Kier molecular flexibility index (Phi) is 7.06. The van der Waals surface area contributed by atoms with Crippen molar-refractivity contribution in [3.8, 4) is 0 Å². The van der Waals surface area contributed by atoms with Crippen molar-refractivity contribution in [1.29, 1.82) is 0 Å². The maximum Gasteiger partial charge on any atom is 0.279 e. The summed E-state index contributed by atoms with van der Waals surface area (Å²) in [5, 5.41) is 4.94. The van der Waals surface area contributed by atoms with E-state index in [0.29, 0.717) is 26.2 Å². The lowest BCUT2D eigenvalue weighted by atomic mass is 10.2. The van der Waals surface area contributed by atoms with Crippen molar-refractivity contribution in [2.45, 2.75) is 0 Å². The van der Waals surface area contributed by atoms with Crippen LogP contribution in [0, 0.1) is 0 Å². The number of rotatable bonds is 5. The number of hydrogen-bond acceptors (Lipinski definition) is 4. The maximum absolute atomic E-state index is 11.8. The highest BCUT2D eigenvalue weighted by atomic mass is 35.5. The molecule has 0 fully saturated rings. The second-order valence-electron chi connectivity index (χ2n) is 4.69. The number of nitrogens with zero attached hydrogens (tertiary/aromatic N) is 1. The fourth-order valence-electron chi connectivity index (χ4n) is 1.66. The minimum atomic E-state index is -0.588. The summed E-state index contributed by atoms with van der Waals surface area (Å²) >= 11 is 17.5. The summed E-state index contributed by atoms with van der Waals surface area (Å²) in [7, 11) is 0. The van der Waals surface area contributed by atoms with E-state index in [1.54, 1.807) is 36.4 Å². The summed E-state index contributed by atoms with van der Waals surface area (Å²) in [6.45, 7) is -0.391. The van der Waals surface area contributed by atoms with Gasteiger partial charge in [0.25, 0.3) is 11.8 Å². The maximum atomic E-state index is 11.8. The molecule has 0 unspecified atom stereocenters. The first-order valence-electron chi connectivity index (χ1n) is 6.91. The van der Waals surface area contributed by atoms with E-state index < -0.39 is 18.4 Å². The van der Waals surface area contributed by atoms with Crippen LogP contribution in [-0.4, -0.2) is 24.6 Å². The molecule has 9 heteroatoms. The van der Waals surface area contributed by atoms with Gasteiger partial charge in [0, 0.05) is 21.2 Å². The molecule has 0 aliphatic carbocycles. The lowest BCUT2D eigenvalue weighted by Gasteiger charge is -2.06. The Labute approximate surface area is 158 Å². The molecule has 2 N–H and O–H groups in total. The van der Waals surface area contributed by atoms with Crippen LogP contribution in [0.1, 0.15) is 15.9 Å². The van der Waals surface area contributed by atoms with Gasteiger partial charge in [-0.1, -0.05) is 52.1 Å². The van der Waals surface area contributed by atoms with Crippen LogP contribution in [0.3, 0.4) is 0 Å². The predicted octanol–water partition coefficient (Wildman–Crippen LogP) is 3.46. The van der Waals surface area contributed by atoms with Gasteiger partial charge in [0.05, 0.1) is 11.2 Å². The molecule has 2 aromatic rings. The Morgan fingerprint density at radius 3 is 2.52 bits per heavy atom. The van der Waals surface area contributed by atoms with E-state index in [1.807, 2.05) is 0 Å². The van der Waals surface area contributed by atoms with Gasteiger partial charge in [-0.15, -0.1) is 0 Å². The van der Waals surface area contributed by atoms with Crippen LogP contribution in [0.2, 0.25) is 15.1 Å². The number of nitrogens with one attached hydrogen (secondary N) is 2. The molecule has 25 heavy (non-hydrogen) atoms. The molecule has 0 heterocycles. The van der Waals surface area contributed by atoms with Crippen LogP contribution in [0.25, 0.3) is 0 Å². The van der Waals surface area contributed by atoms with Crippen molar-refractivity contribution in [3.05, 3.63) is 68.7 Å². The van der Waals surface area contributed by atoms with Gasteiger partial charge < -0.3 is 4.84 Å². The predicted molar refractivity (Wildman–Crippen MR) is 97.1 cm³/mol. The molecule has 0 spiro atoms. The van der Waals surface area contributed by atoms with Gasteiger partial charge >= 0.3 is 0 Å². The zero-order chi connectivity index (χ0) is 18.2. The average molecular weight is 401 g/mol. The highest BCUT2D eigenvalue weighted by Gasteiger charge is 2.08. The number of hydrazine groups is 1. The van der Waals surface area contributed by atoms with E-state index in [-0.39, 0.29) is 0 Å². The molecule has 0 radical (unpaired) electrons. The highest BCUT2D eigenvalue weighted by molar-refractivity contribution is 6.36. The fraction of sp³-hybridized carbons (Fsp3) is 0.0625. The average Bonchev–Trinajstić information content (AvgIpc) is 2.58. The topological polar surface area (TPSA) is 79.8 Å². The number of halogens is 3. The van der Waals surface area contributed by atoms with Crippen LogP contribution in [-0.2, 0) is 9.63 Å². The first-order valence-corrected chi connectivity index (χ1v) is 8.04. The van der Waals surface area contributed by atoms with Crippen molar-refractivity contribution in [2.24, 2.45) is 5.16 Å². The van der Waals surface area contributed by atoms with Gasteiger partial charge in [-0.3, -0.25) is 20.4 Å². The lowest BCUT2D eigenvalue weighted by molar-refractivity contribution is -0.126. The van der Waals surface area contributed by atoms with Gasteiger partial charge in [-0.05, 0) is 30.3 Å². The Morgan fingerprint density at radius 2 is 1.80 bits per heavy atom. The summed E-state index contributed by atoms with van der Waals surface area (Å²) in [4.78, 5) is 28.2. The third-order valence-corrected chi connectivity index (χ3v) is 3.62. The third kappa shape index (κ3) is 6.26. The van der Waals surface area contributed by atoms with E-state index in [2.05, 4.69) is 16.0 Å². The van der Waals surface area contributed by atoms with Gasteiger partial charge in [0.2, 0.25) is 0 Å². The Hall–Kier alpha value is -2.28. The summed E-state index contributed by atoms with van der Waals surface area (Å²) in [5.41, 5.74) is 5.32. The first kappa shape index (κ1) is 19.1. The van der Waals surface area contributed by atoms with Crippen molar-refractivity contribution < 1.29 is 14.4 Å². The van der Waals surface area contributed by atoms with E-state index in [9.17, 15) is 9.59 Å². The summed E-state index contributed by atoms with van der Waals surface area (Å²) < 4.78 is 0. The van der Waals surface area contributed by atoms with Crippen LogP contribution >= 0.6 is 34.8 Å². The second kappa shape index (κ2) is 9.27. The monoisotopic (exact) mass is 399 g/mol.